The number of anilines is 1. The predicted molar refractivity (Wildman–Crippen MR) is 126 cm³/mol. The van der Waals surface area contributed by atoms with Gasteiger partial charge < -0.3 is 15.0 Å². The maximum Gasteiger partial charge on any atom is 0.313 e. The Morgan fingerprint density at radius 1 is 1.24 bits per heavy atom. The number of nitrogens with zero attached hydrogens (tertiary/aromatic N) is 3. The molecule has 0 aliphatic carbocycles. The summed E-state index contributed by atoms with van der Waals surface area (Å²) in [5.41, 5.74) is 1.92. The molecule has 8 heteroatoms. The quantitative estimate of drug-likeness (QED) is 0.547. The predicted octanol–water partition coefficient (Wildman–Crippen LogP) is 3.72. The second-order valence-corrected chi connectivity index (χ2v) is 9.48. The highest BCUT2D eigenvalue weighted by molar-refractivity contribution is 6.39. The molecule has 2 aromatic rings. The molecule has 2 heterocycles. The van der Waals surface area contributed by atoms with Gasteiger partial charge in [-0.3, -0.25) is 19.4 Å². The summed E-state index contributed by atoms with van der Waals surface area (Å²) in [5, 5.41) is 12.0. The number of amides is 2. The van der Waals surface area contributed by atoms with Crippen molar-refractivity contribution in [3.63, 3.8) is 0 Å². The molecule has 0 bridgehead atoms. The smallest absolute Gasteiger partial charge is 0.313 e. The Kier molecular flexibility index (Phi) is 7.67. The van der Waals surface area contributed by atoms with Crippen LogP contribution >= 0.6 is 0 Å². The van der Waals surface area contributed by atoms with E-state index in [1.807, 2.05) is 30.3 Å². The highest BCUT2D eigenvalue weighted by Crippen LogP contribution is 2.34. The third-order valence-corrected chi connectivity index (χ3v) is 5.60. The van der Waals surface area contributed by atoms with Crippen molar-refractivity contribution in [2.24, 2.45) is 5.92 Å². The number of hydrogen-bond donors (Lipinski definition) is 1. The lowest BCUT2D eigenvalue weighted by Gasteiger charge is -2.37. The minimum Gasteiger partial charge on any atom is -0.460 e. The number of piperidine rings is 1. The van der Waals surface area contributed by atoms with Crippen LogP contribution in [0.15, 0.2) is 42.6 Å². The van der Waals surface area contributed by atoms with E-state index in [2.05, 4.69) is 16.4 Å². The molecule has 2 atom stereocenters. The second kappa shape index (κ2) is 10.5. The van der Waals surface area contributed by atoms with Crippen molar-refractivity contribution in [3.8, 4) is 6.07 Å². The van der Waals surface area contributed by atoms with Gasteiger partial charge in [0.05, 0.1) is 42.0 Å². The minimum absolute atomic E-state index is 0.0167. The van der Waals surface area contributed by atoms with Crippen LogP contribution in [-0.4, -0.2) is 39.8 Å². The van der Waals surface area contributed by atoms with Crippen molar-refractivity contribution in [1.29, 1.82) is 5.26 Å². The van der Waals surface area contributed by atoms with Gasteiger partial charge in [0.15, 0.2) is 0 Å². The Morgan fingerprint density at radius 3 is 2.56 bits per heavy atom. The van der Waals surface area contributed by atoms with Crippen LogP contribution in [0.25, 0.3) is 0 Å². The number of rotatable bonds is 4. The molecule has 0 radical (unpaired) electrons. The van der Waals surface area contributed by atoms with E-state index in [1.54, 1.807) is 33.8 Å². The van der Waals surface area contributed by atoms with Crippen molar-refractivity contribution in [2.75, 3.05) is 11.9 Å². The fourth-order valence-electron chi connectivity index (χ4n) is 4.00. The summed E-state index contributed by atoms with van der Waals surface area (Å²) in [6, 6.07) is 13.1. The number of nitrogens with one attached hydrogen (secondary N) is 1. The van der Waals surface area contributed by atoms with Gasteiger partial charge in [-0.2, -0.15) is 5.26 Å². The lowest BCUT2D eigenvalue weighted by molar-refractivity contribution is -0.154. The van der Waals surface area contributed by atoms with Crippen LogP contribution in [0.4, 0.5) is 5.69 Å². The lowest BCUT2D eigenvalue weighted by Crippen LogP contribution is -2.46. The van der Waals surface area contributed by atoms with Crippen LogP contribution in [0, 0.1) is 24.2 Å². The van der Waals surface area contributed by atoms with Gasteiger partial charge in [0.1, 0.15) is 5.60 Å². The van der Waals surface area contributed by atoms with E-state index in [1.165, 1.54) is 11.1 Å². The molecule has 8 nitrogen and oxygen atoms in total. The number of aromatic nitrogens is 1. The molecule has 1 aliphatic heterocycles. The van der Waals surface area contributed by atoms with Crippen LogP contribution in [0.1, 0.15) is 56.5 Å². The summed E-state index contributed by atoms with van der Waals surface area (Å²) >= 11 is 0. The van der Waals surface area contributed by atoms with Crippen LogP contribution in [0.2, 0.25) is 0 Å². The first-order valence-electron chi connectivity index (χ1n) is 11.3. The number of hydrogen-bond acceptors (Lipinski definition) is 6. The number of benzene rings is 1. The first-order chi connectivity index (χ1) is 16.1. The summed E-state index contributed by atoms with van der Waals surface area (Å²) in [4.78, 5) is 43.8. The zero-order chi connectivity index (χ0) is 24.9. The molecule has 34 heavy (non-hydrogen) atoms. The molecule has 1 aromatic carbocycles. The van der Waals surface area contributed by atoms with E-state index < -0.39 is 17.4 Å². The third kappa shape index (κ3) is 6.41. The van der Waals surface area contributed by atoms with Crippen LogP contribution in [-0.2, 0) is 25.5 Å². The molecular formula is C26H30N4O4. The number of ether oxygens (including phenoxy) is 1. The molecular weight excluding hydrogens is 432 g/mol. The largest absolute Gasteiger partial charge is 0.460 e. The SMILES string of the molecule is Cc1cc(NC(=O)C(=O)N2CC[C@H](C#N)C[C@@H]2c2ccccc2)cnc1CC(=O)OC(C)(C)C. The fourth-order valence-corrected chi connectivity index (χ4v) is 4.00. The van der Waals surface area contributed by atoms with Gasteiger partial charge in [-0.25, -0.2) is 0 Å². The van der Waals surface area contributed by atoms with Gasteiger partial charge in [0, 0.05) is 6.54 Å². The van der Waals surface area contributed by atoms with Crippen LogP contribution < -0.4 is 5.32 Å². The molecule has 0 saturated carbocycles. The maximum atomic E-state index is 13.1. The van der Waals surface area contributed by atoms with Gasteiger partial charge >= 0.3 is 17.8 Å². The molecule has 0 spiro atoms. The number of likely N-dealkylation sites (tertiary alicyclic amines) is 1. The summed E-state index contributed by atoms with van der Waals surface area (Å²) in [6.45, 7) is 7.50. The maximum absolute atomic E-state index is 13.1. The number of pyridine rings is 1. The van der Waals surface area contributed by atoms with Gasteiger partial charge in [0.2, 0.25) is 0 Å². The van der Waals surface area contributed by atoms with Crippen molar-refractivity contribution in [3.05, 3.63) is 59.4 Å². The van der Waals surface area contributed by atoms with Gasteiger partial charge in [-0.05, 0) is 57.7 Å². The molecule has 1 N–H and O–H groups in total. The van der Waals surface area contributed by atoms with E-state index in [0.29, 0.717) is 36.3 Å². The van der Waals surface area contributed by atoms with Crippen molar-refractivity contribution < 1.29 is 19.1 Å². The number of carbonyl (C=O) groups is 3. The summed E-state index contributed by atoms with van der Waals surface area (Å²) < 4.78 is 5.33. The molecule has 1 aromatic heterocycles. The molecule has 0 unspecified atom stereocenters. The number of nitriles is 1. The zero-order valence-electron chi connectivity index (χ0n) is 20.0. The molecule has 1 aliphatic rings. The van der Waals surface area contributed by atoms with Crippen molar-refractivity contribution >= 4 is 23.5 Å². The van der Waals surface area contributed by atoms with Crippen molar-refractivity contribution in [2.45, 2.75) is 58.6 Å². The first-order valence-corrected chi connectivity index (χ1v) is 11.3. The highest BCUT2D eigenvalue weighted by atomic mass is 16.6. The van der Waals surface area contributed by atoms with E-state index in [9.17, 15) is 19.6 Å². The van der Waals surface area contributed by atoms with Gasteiger partial charge in [-0.1, -0.05) is 30.3 Å². The van der Waals surface area contributed by atoms with Crippen molar-refractivity contribution in [1.82, 2.24) is 9.88 Å². The molecule has 2 amide bonds. The monoisotopic (exact) mass is 462 g/mol. The second-order valence-electron chi connectivity index (χ2n) is 9.48. The molecule has 3 rings (SSSR count). The number of aryl methyl sites for hydroxylation is 1. The number of esters is 1. The summed E-state index contributed by atoms with van der Waals surface area (Å²) in [6.07, 6.45) is 2.45. The Hall–Kier alpha value is -3.73. The Labute approximate surface area is 199 Å². The van der Waals surface area contributed by atoms with Crippen LogP contribution in [0.5, 0.6) is 0 Å². The van der Waals surface area contributed by atoms with Gasteiger partial charge in [0.25, 0.3) is 0 Å². The average molecular weight is 463 g/mol. The third-order valence-electron chi connectivity index (χ3n) is 5.60. The first kappa shape index (κ1) is 24.9. The molecule has 178 valence electrons. The summed E-state index contributed by atoms with van der Waals surface area (Å²) in [7, 11) is 0. The Morgan fingerprint density at radius 2 is 1.94 bits per heavy atom. The Balaban J connectivity index is 1.70. The molecule has 1 fully saturated rings. The van der Waals surface area contributed by atoms with Crippen LogP contribution in [0.3, 0.4) is 0 Å². The van der Waals surface area contributed by atoms with E-state index >= 15 is 0 Å². The number of carbonyl (C=O) groups excluding carboxylic acids is 3. The zero-order valence-corrected chi connectivity index (χ0v) is 20.0. The van der Waals surface area contributed by atoms with E-state index in [0.717, 1.165) is 5.56 Å². The van der Waals surface area contributed by atoms with E-state index in [-0.39, 0.29) is 24.3 Å². The Bertz CT molecular complexity index is 1100. The fraction of sp³-hybridized carbons (Fsp3) is 0.423. The van der Waals surface area contributed by atoms with E-state index in [4.69, 9.17) is 4.74 Å². The lowest BCUT2D eigenvalue weighted by atomic mass is 9.88. The summed E-state index contributed by atoms with van der Waals surface area (Å²) in [5.74, 6) is -1.97. The highest BCUT2D eigenvalue weighted by Gasteiger charge is 2.35. The topological polar surface area (TPSA) is 112 Å². The normalized spacial score (nSPS) is 18.0. The van der Waals surface area contributed by atoms with Gasteiger partial charge in [-0.15, -0.1) is 0 Å². The average Bonchev–Trinajstić information content (AvgIpc) is 2.79. The minimum atomic E-state index is -0.766. The molecule has 1 saturated heterocycles. The standard InChI is InChI=1S/C26H30N4O4/c1-17-12-20(16-28-21(17)14-23(31)34-26(2,3)4)29-24(32)25(33)30-11-10-18(15-27)13-22(30)19-8-6-5-7-9-19/h5-9,12,16,18,22H,10-11,13-14H2,1-4H3,(H,29,32)/t18-,22+/m0/s1.